The highest BCUT2D eigenvalue weighted by Gasteiger charge is 2.31. The van der Waals surface area contributed by atoms with Crippen LogP contribution in [0.3, 0.4) is 0 Å². The van der Waals surface area contributed by atoms with Crippen LogP contribution in [-0.2, 0) is 14.8 Å². The van der Waals surface area contributed by atoms with Crippen LogP contribution in [0, 0.1) is 0 Å². The molecular formula is C15H17BrN2O3S. The first kappa shape index (κ1) is 15.9. The van der Waals surface area contributed by atoms with Gasteiger partial charge >= 0.3 is 0 Å². The third-order valence-corrected chi connectivity index (χ3v) is 7.04. The molecule has 2 aromatic rings. The molecule has 0 unspecified atom stereocenters. The fraction of sp³-hybridized carbons (Fsp3) is 0.400. The highest BCUT2D eigenvalue weighted by molar-refractivity contribution is 9.10. The molecule has 1 aromatic heterocycles. The molecule has 0 radical (unpaired) electrons. The van der Waals surface area contributed by atoms with E-state index in [4.69, 9.17) is 4.74 Å². The van der Waals surface area contributed by atoms with Gasteiger partial charge in [-0.25, -0.2) is 8.42 Å². The normalized spacial score (nSPS) is 17.9. The number of piperidine rings is 1. The third kappa shape index (κ3) is 2.78. The van der Waals surface area contributed by atoms with Crippen LogP contribution < -0.4 is 0 Å². The van der Waals surface area contributed by atoms with Gasteiger partial charge in [0.2, 0.25) is 10.0 Å². The molecule has 0 atom stereocenters. The van der Waals surface area contributed by atoms with E-state index in [2.05, 4.69) is 20.9 Å². The van der Waals surface area contributed by atoms with Gasteiger partial charge in [-0.05, 0) is 40.9 Å². The zero-order chi connectivity index (χ0) is 15.7. The maximum absolute atomic E-state index is 12.9. The Morgan fingerprint density at radius 1 is 1.27 bits per heavy atom. The molecule has 118 valence electrons. The van der Waals surface area contributed by atoms with Crippen LogP contribution in [0.4, 0.5) is 0 Å². The lowest BCUT2D eigenvalue weighted by atomic mass is 10.1. The zero-order valence-electron chi connectivity index (χ0n) is 12.2. The number of hydrogen-bond donors (Lipinski definition) is 0. The van der Waals surface area contributed by atoms with Gasteiger partial charge < -0.3 is 4.74 Å². The predicted molar refractivity (Wildman–Crippen MR) is 88.2 cm³/mol. The number of benzene rings is 1. The summed E-state index contributed by atoms with van der Waals surface area (Å²) in [6.45, 7) is 0.959. The molecule has 1 aliphatic heterocycles. The van der Waals surface area contributed by atoms with Crippen molar-refractivity contribution in [3.8, 4) is 0 Å². The molecule has 1 fully saturated rings. The smallest absolute Gasteiger partial charge is 0.244 e. The van der Waals surface area contributed by atoms with Crippen molar-refractivity contribution in [1.29, 1.82) is 0 Å². The average molecular weight is 385 g/mol. The van der Waals surface area contributed by atoms with Crippen molar-refractivity contribution in [2.75, 3.05) is 20.2 Å². The summed E-state index contributed by atoms with van der Waals surface area (Å²) < 4.78 is 33.1. The van der Waals surface area contributed by atoms with E-state index in [9.17, 15) is 8.42 Å². The van der Waals surface area contributed by atoms with Crippen molar-refractivity contribution < 1.29 is 13.2 Å². The van der Waals surface area contributed by atoms with Gasteiger partial charge in [-0.1, -0.05) is 12.1 Å². The van der Waals surface area contributed by atoms with Crippen LogP contribution in [0.15, 0.2) is 39.8 Å². The number of methoxy groups -OCH3 is 1. The molecule has 0 saturated carbocycles. The summed E-state index contributed by atoms with van der Waals surface area (Å²) >= 11 is 3.42. The minimum Gasteiger partial charge on any atom is -0.381 e. The molecule has 1 saturated heterocycles. The fourth-order valence-corrected chi connectivity index (χ4v) is 5.35. The van der Waals surface area contributed by atoms with Gasteiger partial charge in [-0.15, -0.1) is 0 Å². The number of fused-ring (bicyclic) bond motifs is 1. The topological polar surface area (TPSA) is 59.5 Å². The summed E-state index contributed by atoms with van der Waals surface area (Å²) in [5.74, 6) is 0. The quantitative estimate of drug-likeness (QED) is 0.815. The summed E-state index contributed by atoms with van der Waals surface area (Å²) in [4.78, 5) is 4.55. The summed E-state index contributed by atoms with van der Waals surface area (Å²) in [7, 11) is -1.86. The van der Waals surface area contributed by atoms with E-state index in [0.717, 1.165) is 18.2 Å². The van der Waals surface area contributed by atoms with E-state index < -0.39 is 10.0 Å². The molecule has 0 spiro atoms. The number of rotatable bonds is 3. The molecule has 22 heavy (non-hydrogen) atoms. The Balaban J connectivity index is 1.98. The monoisotopic (exact) mass is 384 g/mol. The summed E-state index contributed by atoms with van der Waals surface area (Å²) in [5, 5.41) is 0.909. The van der Waals surface area contributed by atoms with Crippen LogP contribution >= 0.6 is 15.9 Å². The maximum atomic E-state index is 12.9. The van der Waals surface area contributed by atoms with Gasteiger partial charge in [0.1, 0.15) is 0 Å². The number of pyridine rings is 1. The van der Waals surface area contributed by atoms with Gasteiger partial charge in [0.05, 0.1) is 21.0 Å². The van der Waals surface area contributed by atoms with Gasteiger partial charge in [0, 0.05) is 31.8 Å². The van der Waals surface area contributed by atoms with Gasteiger partial charge in [0.25, 0.3) is 0 Å². The molecule has 0 bridgehead atoms. The second-order valence-corrected chi connectivity index (χ2v) is 7.99. The van der Waals surface area contributed by atoms with Crippen molar-refractivity contribution >= 4 is 36.9 Å². The molecule has 0 amide bonds. The van der Waals surface area contributed by atoms with Crippen molar-refractivity contribution in [2.45, 2.75) is 23.8 Å². The molecule has 2 heterocycles. The first-order valence-corrected chi connectivity index (χ1v) is 9.33. The second-order valence-electron chi connectivity index (χ2n) is 5.29. The Hall–Kier alpha value is -1.02. The van der Waals surface area contributed by atoms with Crippen LogP contribution in [0.5, 0.6) is 0 Å². The lowest BCUT2D eigenvalue weighted by Gasteiger charge is -2.30. The Morgan fingerprint density at radius 2 is 2.00 bits per heavy atom. The van der Waals surface area contributed by atoms with E-state index >= 15 is 0 Å². The van der Waals surface area contributed by atoms with Crippen LogP contribution in [-0.4, -0.2) is 44.0 Å². The Bertz CT molecular complexity index is 786. The predicted octanol–water partition coefficient (Wildman–Crippen LogP) is 2.80. The third-order valence-electron chi connectivity index (χ3n) is 4.03. The molecule has 1 aromatic carbocycles. The Labute approximate surface area is 138 Å². The van der Waals surface area contributed by atoms with Gasteiger partial charge in [0.15, 0.2) is 0 Å². The minimum atomic E-state index is -3.52. The number of sulfonamides is 1. The van der Waals surface area contributed by atoms with Crippen molar-refractivity contribution in [1.82, 2.24) is 9.29 Å². The maximum Gasteiger partial charge on any atom is 0.244 e. The highest BCUT2D eigenvalue weighted by atomic mass is 79.9. The van der Waals surface area contributed by atoms with Crippen LogP contribution in [0.2, 0.25) is 0 Å². The molecule has 3 rings (SSSR count). The van der Waals surface area contributed by atoms with E-state index in [1.807, 2.05) is 12.1 Å². The molecule has 1 aliphatic rings. The SMILES string of the molecule is COC1CCN(S(=O)(=O)c2ccc3cccnc3c2Br)CC1. The number of halogens is 1. The summed E-state index contributed by atoms with van der Waals surface area (Å²) in [6.07, 6.45) is 3.25. The lowest BCUT2D eigenvalue weighted by Crippen LogP contribution is -2.40. The lowest BCUT2D eigenvalue weighted by molar-refractivity contribution is 0.0604. The van der Waals surface area contributed by atoms with E-state index in [1.54, 1.807) is 25.4 Å². The summed E-state index contributed by atoms with van der Waals surface area (Å²) in [6, 6.07) is 7.18. The second kappa shape index (κ2) is 6.23. The minimum absolute atomic E-state index is 0.146. The Morgan fingerprint density at radius 3 is 2.68 bits per heavy atom. The Kier molecular flexibility index (Phi) is 4.49. The van der Waals surface area contributed by atoms with Gasteiger partial charge in [-0.2, -0.15) is 4.31 Å². The largest absolute Gasteiger partial charge is 0.381 e. The molecule has 0 aliphatic carbocycles. The number of ether oxygens (including phenoxy) is 1. The van der Waals surface area contributed by atoms with Gasteiger partial charge in [-0.3, -0.25) is 4.98 Å². The van der Waals surface area contributed by atoms with Crippen molar-refractivity contribution in [2.24, 2.45) is 0 Å². The van der Waals surface area contributed by atoms with E-state index in [-0.39, 0.29) is 11.0 Å². The first-order chi connectivity index (χ1) is 10.5. The zero-order valence-corrected chi connectivity index (χ0v) is 14.6. The summed E-state index contributed by atoms with van der Waals surface area (Å²) in [5.41, 5.74) is 0.662. The van der Waals surface area contributed by atoms with E-state index in [1.165, 1.54) is 4.31 Å². The van der Waals surface area contributed by atoms with Crippen LogP contribution in [0.25, 0.3) is 10.9 Å². The fourth-order valence-electron chi connectivity index (χ4n) is 2.74. The number of aromatic nitrogens is 1. The van der Waals surface area contributed by atoms with Crippen LogP contribution in [0.1, 0.15) is 12.8 Å². The van der Waals surface area contributed by atoms with E-state index in [0.29, 0.717) is 23.1 Å². The van der Waals surface area contributed by atoms with Crippen molar-refractivity contribution in [3.05, 3.63) is 34.9 Å². The average Bonchev–Trinajstić information content (AvgIpc) is 2.55. The molecular weight excluding hydrogens is 368 g/mol. The highest BCUT2D eigenvalue weighted by Crippen LogP contribution is 2.32. The van der Waals surface area contributed by atoms with Crippen molar-refractivity contribution in [3.63, 3.8) is 0 Å². The number of nitrogens with zero attached hydrogens (tertiary/aromatic N) is 2. The number of hydrogen-bond acceptors (Lipinski definition) is 4. The molecule has 0 N–H and O–H groups in total. The first-order valence-electron chi connectivity index (χ1n) is 7.10. The standard InChI is InChI=1S/C15H17BrN2O3S/c1-21-12-6-9-18(10-7-12)22(19,20)13-5-4-11-3-2-8-17-15(11)14(13)16/h2-5,8,12H,6-7,9-10H2,1H3. The molecule has 7 heteroatoms. The molecule has 5 nitrogen and oxygen atoms in total.